The van der Waals surface area contributed by atoms with Crippen LogP contribution in [0.3, 0.4) is 0 Å². The van der Waals surface area contributed by atoms with Crippen LogP contribution < -0.4 is 14.2 Å². The van der Waals surface area contributed by atoms with Gasteiger partial charge in [-0.05, 0) is 60.0 Å². The number of hydrogen-bond donors (Lipinski definition) is 1. The van der Waals surface area contributed by atoms with E-state index in [1.165, 1.54) is 19.1 Å². The first-order valence-electron chi connectivity index (χ1n) is 11.2. The molecule has 3 aromatic rings. The van der Waals surface area contributed by atoms with Gasteiger partial charge in [0.25, 0.3) is 11.7 Å². The van der Waals surface area contributed by atoms with Crippen molar-refractivity contribution in [1.29, 1.82) is 0 Å². The van der Waals surface area contributed by atoms with Crippen LogP contribution in [0.25, 0.3) is 5.76 Å². The molecule has 7 nitrogen and oxygen atoms in total. The minimum atomic E-state index is -0.837. The first-order chi connectivity index (χ1) is 17.3. The Balaban J connectivity index is 1.88. The molecule has 0 saturated carbocycles. The van der Waals surface area contributed by atoms with E-state index in [1.807, 2.05) is 19.1 Å². The summed E-state index contributed by atoms with van der Waals surface area (Å²) in [6.45, 7) is 2.04. The number of ketones is 1. The largest absolute Gasteiger partial charge is 0.507 e. The number of carbonyl (C=O) groups excluding carboxylic acids is 2. The molecule has 0 aromatic heterocycles. The van der Waals surface area contributed by atoms with Crippen LogP contribution in [-0.4, -0.2) is 43.0 Å². The summed E-state index contributed by atoms with van der Waals surface area (Å²) in [7, 11) is 4.62. The van der Waals surface area contributed by atoms with Crippen LogP contribution in [0.5, 0.6) is 17.2 Å². The standard InChI is InChI=1S/C28H26BrNO6/c1-16-13-19(7-11-21(16)29)26(31)24-25(18-8-12-22(35-3)23(14-18)36-4)30(28(33)27(24)32)15-17-5-9-20(34-2)10-6-17/h5-14,25,31H,15H2,1-4H3/b26-24-. The third-order valence-electron chi connectivity index (χ3n) is 6.21. The van der Waals surface area contributed by atoms with Crippen molar-refractivity contribution in [1.82, 2.24) is 4.90 Å². The second-order valence-corrected chi connectivity index (χ2v) is 9.21. The summed E-state index contributed by atoms with van der Waals surface area (Å²) < 4.78 is 16.9. The highest BCUT2D eigenvalue weighted by Gasteiger charge is 2.46. The van der Waals surface area contributed by atoms with Crippen LogP contribution in [0, 0.1) is 6.92 Å². The number of nitrogens with zero attached hydrogens (tertiary/aromatic N) is 1. The van der Waals surface area contributed by atoms with Crippen molar-refractivity contribution >= 4 is 33.4 Å². The van der Waals surface area contributed by atoms with Gasteiger partial charge in [-0.1, -0.05) is 40.2 Å². The molecule has 0 spiro atoms. The SMILES string of the molecule is COc1ccc(CN2C(=O)C(=O)/C(=C(\O)c3ccc(Br)c(C)c3)C2c2ccc(OC)c(OC)c2)cc1. The molecule has 1 N–H and O–H groups in total. The quantitative estimate of drug-likeness (QED) is 0.240. The van der Waals surface area contributed by atoms with E-state index in [0.29, 0.717) is 28.4 Å². The van der Waals surface area contributed by atoms with Crippen molar-refractivity contribution in [2.75, 3.05) is 21.3 Å². The number of carbonyl (C=O) groups is 2. The second kappa shape index (κ2) is 10.5. The van der Waals surface area contributed by atoms with E-state index < -0.39 is 17.7 Å². The maximum absolute atomic E-state index is 13.3. The second-order valence-electron chi connectivity index (χ2n) is 8.35. The molecule has 1 heterocycles. The topological polar surface area (TPSA) is 85.3 Å². The minimum absolute atomic E-state index is 0.0162. The van der Waals surface area contributed by atoms with Gasteiger partial charge in [0.2, 0.25) is 0 Å². The summed E-state index contributed by atoms with van der Waals surface area (Å²) in [6, 6.07) is 16.9. The Morgan fingerprint density at radius 2 is 1.61 bits per heavy atom. The predicted molar refractivity (Wildman–Crippen MR) is 139 cm³/mol. The lowest BCUT2D eigenvalue weighted by Crippen LogP contribution is -2.29. The third kappa shape index (κ3) is 4.68. The highest BCUT2D eigenvalue weighted by atomic mass is 79.9. The summed E-state index contributed by atoms with van der Waals surface area (Å²) >= 11 is 3.46. The maximum Gasteiger partial charge on any atom is 0.295 e. The van der Waals surface area contributed by atoms with E-state index in [4.69, 9.17) is 14.2 Å². The van der Waals surface area contributed by atoms with Gasteiger partial charge < -0.3 is 24.2 Å². The van der Waals surface area contributed by atoms with Gasteiger partial charge in [0, 0.05) is 16.6 Å². The molecule has 1 aliphatic rings. The van der Waals surface area contributed by atoms with Crippen LogP contribution >= 0.6 is 15.9 Å². The molecule has 4 rings (SSSR count). The summed E-state index contributed by atoms with van der Waals surface area (Å²) in [6.07, 6.45) is 0. The highest BCUT2D eigenvalue weighted by Crippen LogP contribution is 2.43. The van der Waals surface area contributed by atoms with Gasteiger partial charge in [0.05, 0.1) is 32.9 Å². The average molecular weight is 552 g/mol. The lowest BCUT2D eigenvalue weighted by Gasteiger charge is -2.26. The third-order valence-corrected chi connectivity index (χ3v) is 7.10. The number of aliphatic hydroxyl groups excluding tert-OH is 1. The van der Waals surface area contributed by atoms with Crippen LogP contribution in [0.2, 0.25) is 0 Å². The van der Waals surface area contributed by atoms with Crippen molar-refractivity contribution in [3.8, 4) is 17.2 Å². The van der Waals surface area contributed by atoms with E-state index in [1.54, 1.807) is 55.6 Å². The van der Waals surface area contributed by atoms with Crippen molar-refractivity contribution in [2.24, 2.45) is 0 Å². The zero-order valence-corrected chi connectivity index (χ0v) is 22.0. The number of aliphatic hydroxyl groups is 1. The molecule has 1 atom stereocenters. The summed E-state index contributed by atoms with van der Waals surface area (Å²) in [4.78, 5) is 28.1. The molecule has 3 aromatic carbocycles. The molecule has 0 bridgehead atoms. The Bertz CT molecular complexity index is 1350. The zero-order chi connectivity index (χ0) is 26.0. The number of aryl methyl sites for hydroxylation is 1. The fourth-order valence-electron chi connectivity index (χ4n) is 4.29. The Kier molecular flexibility index (Phi) is 7.35. The fourth-order valence-corrected chi connectivity index (χ4v) is 4.53. The summed E-state index contributed by atoms with van der Waals surface area (Å²) in [5.41, 5.74) is 2.76. The smallest absolute Gasteiger partial charge is 0.295 e. The molecule has 8 heteroatoms. The lowest BCUT2D eigenvalue weighted by molar-refractivity contribution is -0.140. The Morgan fingerprint density at radius 3 is 2.22 bits per heavy atom. The van der Waals surface area contributed by atoms with Gasteiger partial charge in [-0.25, -0.2) is 0 Å². The van der Waals surface area contributed by atoms with Crippen LogP contribution in [0.15, 0.2) is 70.7 Å². The zero-order valence-electron chi connectivity index (χ0n) is 20.4. The monoisotopic (exact) mass is 551 g/mol. The number of amides is 1. The highest BCUT2D eigenvalue weighted by molar-refractivity contribution is 9.10. The van der Waals surface area contributed by atoms with Gasteiger partial charge in [-0.3, -0.25) is 9.59 Å². The first-order valence-corrected chi connectivity index (χ1v) is 12.0. The van der Waals surface area contributed by atoms with Crippen molar-refractivity contribution in [2.45, 2.75) is 19.5 Å². The number of benzene rings is 3. The molecule has 1 aliphatic heterocycles. The van der Waals surface area contributed by atoms with Crippen molar-refractivity contribution < 1.29 is 28.9 Å². The lowest BCUT2D eigenvalue weighted by atomic mass is 9.94. The maximum atomic E-state index is 13.3. The number of hydrogen-bond acceptors (Lipinski definition) is 6. The van der Waals surface area contributed by atoms with Crippen molar-refractivity contribution in [3.63, 3.8) is 0 Å². The number of halogens is 1. The number of likely N-dealkylation sites (tertiary alicyclic amines) is 1. The predicted octanol–water partition coefficient (Wildman–Crippen LogP) is 5.41. The molecule has 1 amide bonds. The number of ether oxygens (including phenoxy) is 3. The average Bonchev–Trinajstić information content (AvgIpc) is 3.14. The Morgan fingerprint density at radius 1 is 0.917 bits per heavy atom. The molecule has 1 saturated heterocycles. The van der Waals surface area contributed by atoms with E-state index in [9.17, 15) is 14.7 Å². The van der Waals surface area contributed by atoms with Gasteiger partial charge in [0.1, 0.15) is 11.5 Å². The summed E-state index contributed by atoms with van der Waals surface area (Å²) in [5, 5.41) is 11.3. The Hall–Kier alpha value is -3.78. The molecule has 186 valence electrons. The van der Waals surface area contributed by atoms with Crippen molar-refractivity contribution in [3.05, 3.63) is 93.0 Å². The normalized spacial score (nSPS) is 16.8. The van der Waals surface area contributed by atoms with Crippen LogP contribution in [0.1, 0.15) is 28.3 Å². The van der Waals surface area contributed by atoms with E-state index in [0.717, 1.165) is 15.6 Å². The Labute approximate surface area is 218 Å². The first kappa shape index (κ1) is 25.3. The van der Waals surface area contributed by atoms with Gasteiger partial charge in [0.15, 0.2) is 11.5 Å². The molecule has 0 radical (unpaired) electrons. The molecule has 1 unspecified atom stereocenters. The number of rotatable bonds is 7. The van der Waals surface area contributed by atoms with E-state index in [-0.39, 0.29) is 17.9 Å². The molecule has 0 aliphatic carbocycles. The fraction of sp³-hybridized carbons (Fsp3) is 0.214. The molecule has 1 fully saturated rings. The minimum Gasteiger partial charge on any atom is -0.507 e. The van der Waals surface area contributed by atoms with Gasteiger partial charge >= 0.3 is 0 Å². The molecule has 36 heavy (non-hydrogen) atoms. The van der Waals surface area contributed by atoms with Gasteiger partial charge in [-0.2, -0.15) is 0 Å². The number of Topliss-reactive ketones (excluding diaryl/α,β-unsaturated/α-hetero) is 1. The number of methoxy groups -OCH3 is 3. The molecular weight excluding hydrogens is 526 g/mol. The van der Waals surface area contributed by atoms with E-state index >= 15 is 0 Å². The van der Waals surface area contributed by atoms with E-state index in [2.05, 4.69) is 15.9 Å². The van der Waals surface area contributed by atoms with Gasteiger partial charge in [-0.15, -0.1) is 0 Å². The molecular formula is C28H26BrNO6. The van der Waals surface area contributed by atoms with Crippen LogP contribution in [0.4, 0.5) is 0 Å². The summed E-state index contributed by atoms with van der Waals surface area (Å²) in [5.74, 6) is -0.0346. The van der Waals surface area contributed by atoms with Crippen LogP contribution in [-0.2, 0) is 16.1 Å².